The van der Waals surface area contributed by atoms with Crippen molar-refractivity contribution in [1.29, 1.82) is 0 Å². The Morgan fingerprint density at radius 3 is 1.84 bits per heavy atom. The molecule has 5 heteroatoms. The lowest BCUT2D eigenvalue weighted by Gasteiger charge is -2.27. The van der Waals surface area contributed by atoms with Crippen LogP contribution < -0.4 is 4.90 Å². The zero-order chi connectivity index (χ0) is 36.3. The molecular formula is C50H31N3O2. The van der Waals surface area contributed by atoms with Crippen LogP contribution in [0.4, 0.5) is 17.1 Å². The fourth-order valence-corrected chi connectivity index (χ4v) is 7.82. The highest BCUT2D eigenvalue weighted by atomic mass is 16.3. The Balaban J connectivity index is 1.18. The Hall–Kier alpha value is -7.50. The van der Waals surface area contributed by atoms with Gasteiger partial charge in [0, 0.05) is 33.3 Å². The van der Waals surface area contributed by atoms with E-state index in [1.165, 1.54) is 5.39 Å². The molecule has 5 nitrogen and oxygen atoms in total. The molecule has 0 fully saturated rings. The molecule has 0 spiro atoms. The number of aromatic nitrogens is 2. The minimum absolute atomic E-state index is 0.580. The first-order valence-corrected chi connectivity index (χ1v) is 18.4. The summed E-state index contributed by atoms with van der Waals surface area (Å²) in [4.78, 5) is 12.9. The maximum atomic E-state index is 6.66. The van der Waals surface area contributed by atoms with E-state index in [0.717, 1.165) is 88.8 Å². The normalized spacial score (nSPS) is 11.6. The van der Waals surface area contributed by atoms with Crippen molar-refractivity contribution in [1.82, 2.24) is 9.97 Å². The molecular weight excluding hydrogens is 675 g/mol. The van der Waals surface area contributed by atoms with Crippen LogP contribution in [-0.4, -0.2) is 9.97 Å². The number of hydrogen-bond donors (Lipinski definition) is 0. The Bertz CT molecular complexity index is 3200. The highest BCUT2D eigenvalue weighted by Crippen LogP contribution is 2.46. The Labute approximate surface area is 316 Å². The number of fused-ring (bicyclic) bond motifs is 7. The largest absolute Gasteiger partial charge is 0.456 e. The molecule has 0 amide bonds. The van der Waals surface area contributed by atoms with Crippen LogP contribution in [0.25, 0.3) is 88.6 Å². The van der Waals surface area contributed by atoms with Gasteiger partial charge in [0.25, 0.3) is 0 Å². The smallest absolute Gasteiger partial charge is 0.180 e. The Kier molecular flexibility index (Phi) is 7.10. The standard InChI is InChI=1S/C50H31N3O2/c1-3-13-32(14-4-1)34-23-25-35(26-24-34)47-49-48(41-20-10-12-22-44(41)55-49)52-50(51-47)37-30-42(46-40-19-9-11-21-43(40)54-45(46)31-37)53(38-17-5-2-6-18-38)39-28-27-33-15-7-8-16-36(33)29-39/h1-31H. The summed E-state index contributed by atoms with van der Waals surface area (Å²) in [6, 6.07) is 65.1. The molecule has 3 aromatic heterocycles. The van der Waals surface area contributed by atoms with Gasteiger partial charge in [0.1, 0.15) is 28.0 Å². The molecule has 0 saturated heterocycles. The third-order valence-electron chi connectivity index (χ3n) is 10.4. The quantitative estimate of drug-likeness (QED) is 0.172. The van der Waals surface area contributed by atoms with Crippen LogP contribution in [0, 0.1) is 0 Å². The van der Waals surface area contributed by atoms with Gasteiger partial charge in [-0.15, -0.1) is 0 Å². The van der Waals surface area contributed by atoms with E-state index in [0.29, 0.717) is 11.4 Å². The minimum atomic E-state index is 0.580. The molecule has 0 atom stereocenters. The number of nitrogens with zero attached hydrogens (tertiary/aromatic N) is 3. The zero-order valence-electron chi connectivity index (χ0n) is 29.6. The summed E-state index contributed by atoms with van der Waals surface area (Å²) in [5.41, 5.74) is 11.6. The number of hydrogen-bond acceptors (Lipinski definition) is 5. The lowest BCUT2D eigenvalue weighted by Crippen LogP contribution is -2.10. The maximum absolute atomic E-state index is 6.66. The van der Waals surface area contributed by atoms with Crippen LogP contribution in [0.15, 0.2) is 197 Å². The van der Waals surface area contributed by atoms with Gasteiger partial charge in [-0.2, -0.15) is 0 Å². The van der Waals surface area contributed by atoms with Gasteiger partial charge in [-0.1, -0.05) is 133 Å². The molecule has 0 radical (unpaired) electrons. The van der Waals surface area contributed by atoms with Crippen molar-refractivity contribution < 1.29 is 8.83 Å². The average molecular weight is 706 g/mol. The van der Waals surface area contributed by atoms with E-state index < -0.39 is 0 Å². The monoisotopic (exact) mass is 705 g/mol. The lowest BCUT2D eigenvalue weighted by atomic mass is 10.0. The van der Waals surface area contributed by atoms with E-state index in [9.17, 15) is 0 Å². The minimum Gasteiger partial charge on any atom is -0.456 e. The van der Waals surface area contributed by atoms with Crippen LogP contribution in [0.1, 0.15) is 0 Å². The Morgan fingerprint density at radius 2 is 1.04 bits per heavy atom. The second kappa shape index (κ2) is 12.6. The van der Waals surface area contributed by atoms with Gasteiger partial charge < -0.3 is 13.7 Å². The van der Waals surface area contributed by atoms with Gasteiger partial charge in [-0.05, 0) is 76.5 Å². The molecule has 258 valence electrons. The predicted molar refractivity (Wildman–Crippen MR) is 225 cm³/mol. The van der Waals surface area contributed by atoms with Crippen LogP contribution in [-0.2, 0) is 0 Å². The van der Waals surface area contributed by atoms with E-state index in [2.05, 4.69) is 150 Å². The number of furan rings is 2. The van der Waals surface area contributed by atoms with Gasteiger partial charge in [-0.25, -0.2) is 9.97 Å². The second-order valence-electron chi connectivity index (χ2n) is 13.8. The summed E-state index contributed by atoms with van der Waals surface area (Å²) in [7, 11) is 0. The molecule has 0 unspecified atom stereocenters. The van der Waals surface area contributed by atoms with Crippen LogP contribution in [0.2, 0.25) is 0 Å². The summed E-state index contributed by atoms with van der Waals surface area (Å²) in [6.07, 6.45) is 0. The third-order valence-corrected chi connectivity index (χ3v) is 10.4. The van der Waals surface area contributed by atoms with Gasteiger partial charge in [0.15, 0.2) is 11.4 Å². The molecule has 55 heavy (non-hydrogen) atoms. The molecule has 0 saturated carbocycles. The second-order valence-corrected chi connectivity index (χ2v) is 13.8. The van der Waals surface area contributed by atoms with E-state index in [4.69, 9.17) is 18.8 Å². The van der Waals surface area contributed by atoms with Gasteiger partial charge in [-0.3, -0.25) is 0 Å². The van der Waals surface area contributed by atoms with Crippen LogP contribution in [0.3, 0.4) is 0 Å². The SMILES string of the molecule is c1ccc(-c2ccc(-c3nc(-c4cc(N(c5ccccc5)c5ccc6ccccc6c5)c5c(c4)oc4ccccc45)nc4c3oc3ccccc34)cc2)cc1. The molecule has 8 aromatic carbocycles. The molecule has 0 aliphatic heterocycles. The number of benzene rings is 8. The van der Waals surface area contributed by atoms with Gasteiger partial charge in [0.2, 0.25) is 0 Å². The topological polar surface area (TPSA) is 55.3 Å². The fourth-order valence-electron chi connectivity index (χ4n) is 7.82. The summed E-state index contributed by atoms with van der Waals surface area (Å²) in [5.74, 6) is 0.580. The van der Waals surface area contributed by atoms with Crippen molar-refractivity contribution in [3.05, 3.63) is 188 Å². The summed E-state index contributed by atoms with van der Waals surface area (Å²) in [5, 5.41) is 5.34. The van der Waals surface area contributed by atoms with Crippen LogP contribution in [0.5, 0.6) is 0 Å². The molecule has 0 bridgehead atoms. The first kappa shape index (κ1) is 31.1. The van der Waals surface area contributed by atoms with Crippen molar-refractivity contribution >= 4 is 71.8 Å². The van der Waals surface area contributed by atoms with Crippen molar-refractivity contribution in [3.63, 3.8) is 0 Å². The van der Waals surface area contributed by atoms with Crippen molar-refractivity contribution in [3.8, 4) is 33.8 Å². The third kappa shape index (κ3) is 5.24. The predicted octanol–water partition coefficient (Wildman–Crippen LogP) is 13.9. The fraction of sp³-hybridized carbons (Fsp3) is 0. The molecule has 11 aromatic rings. The summed E-state index contributed by atoms with van der Waals surface area (Å²) >= 11 is 0. The average Bonchev–Trinajstić information content (AvgIpc) is 3.83. The summed E-state index contributed by atoms with van der Waals surface area (Å²) in [6.45, 7) is 0. The summed E-state index contributed by atoms with van der Waals surface area (Å²) < 4.78 is 13.2. The number of para-hydroxylation sites is 3. The van der Waals surface area contributed by atoms with E-state index >= 15 is 0 Å². The van der Waals surface area contributed by atoms with E-state index in [-0.39, 0.29) is 0 Å². The van der Waals surface area contributed by atoms with Crippen molar-refractivity contribution in [2.24, 2.45) is 0 Å². The van der Waals surface area contributed by atoms with Gasteiger partial charge in [0.05, 0.1) is 11.1 Å². The highest BCUT2D eigenvalue weighted by Gasteiger charge is 2.24. The maximum Gasteiger partial charge on any atom is 0.180 e. The van der Waals surface area contributed by atoms with Crippen molar-refractivity contribution in [2.45, 2.75) is 0 Å². The van der Waals surface area contributed by atoms with Crippen LogP contribution >= 0.6 is 0 Å². The first-order valence-electron chi connectivity index (χ1n) is 18.4. The molecule has 0 aliphatic carbocycles. The molecule has 0 N–H and O–H groups in total. The number of rotatable bonds is 6. The van der Waals surface area contributed by atoms with E-state index in [1.54, 1.807) is 0 Å². The molecule has 3 heterocycles. The van der Waals surface area contributed by atoms with Crippen molar-refractivity contribution in [2.75, 3.05) is 4.90 Å². The molecule has 0 aliphatic rings. The molecule has 11 rings (SSSR count). The first-order chi connectivity index (χ1) is 27.2. The number of anilines is 3. The zero-order valence-corrected chi connectivity index (χ0v) is 29.6. The lowest BCUT2D eigenvalue weighted by molar-refractivity contribution is 0.667. The van der Waals surface area contributed by atoms with Gasteiger partial charge >= 0.3 is 0 Å². The highest BCUT2D eigenvalue weighted by molar-refractivity contribution is 6.15. The Morgan fingerprint density at radius 1 is 0.400 bits per heavy atom. The van der Waals surface area contributed by atoms with E-state index in [1.807, 2.05) is 42.5 Å².